The predicted octanol–water partition coefficient (Wildman–Crippen LogP) is 5.99. The van der Waals surface area contributed by atoms with Gasteiger partial charge >= 0.3 is 0 Å². The van der Waals surface area contributed by atoms with E-state index in [-0.39, 0.29) is 11.8 Å². The van der Waals surface area contributed by atoms with Crippen LogP contribution < -0.4 is 10.2 Å². The second-order valence-electron chi connectivity index (χ2n) is 7.16. The number of aromatic nitrogens is 1. The molecule has 0 spiro atoms. The molecule has 0 atom stereocenters. The minimum absolute atomic E-state index is 0.184. The van der Waals surface area contributed by atoms with Crippen molar-refractivity contribution in [2.24, 2.45) is 4.99 Å². The molecule has 9 heteroatoms. The fraction of sp³-hybridized carbons (Fsp3) is 0.130. The van der Waals surface area contributed by atoms with Gasteiger partial charge in [0.15, 0.2) is 10.3 Å². The Hall–Kier alpha value is -2.94. The molecule has 2 amide bonds. The average molecular weight is 483 g/mol. The number of amides is 2. The van der Waals surface area contributed by atoms with E-state index in [9.17, 15) is 9.59 Å². The van der Waals surface area contributed by atoms with Crippen molar-refractivity contribution in [2.45, 2.75) is 20.8 Å². The zero-order valence-electron chi connectivity index (χ0n) is 17.5. The van der Waals surface area contributed by atoms with Gasteiger partial charge in [0, 0.05) is 17.3 Å². The number of rotatable bonds is 4. The molecule has 32 heavy (non-hydrogen) atoms. The number of thioether (sulfide) groups is 1. The van der Waals surface area contributed by atoms with Gasteiger partial charge in [-0.05, 0) is 67.1 Å². The Bertz CT molecular complexity index is 1280. The van der Waals surface area contributed by atoms with Crippen LogP contribution in [0.2, 0.25) is 5.02 Å². The van der Waals surface area contributed by atoms with E-state index in [0.717, 1.165) is 16.8 Å². The number of thiazole rings is 1. The minimum Gasteiger partial charge on any atom is -0.300 e. The van der Waals surface area contributed by atoms with Crippen molar-refractivity contribution in [3.05, 3.63) is 74.6 Å². The SMILES string of the molecule is CC(=O)N(c1cccc(Cl)c1)c1nc(C=C2SC(=Nc3cc(C)ccc3C)NC2=O)cs1. The number of nitrogens with zero attached hydrogens (tertiary/aromatic N) is 3. The highest BCUT2D eigenvalue weighted by atomic mass is 35.5. The van der Waals surface area contributed by atoms with E-state index in [1.807, 2.05) is 32.0 Å². The molecule has 1 aromatic heterocycles. The molecule has 0 unspecified atom stereocenters. The van der Waals surface area contributed by atoms with Crippen molar-refractivity contribution in [3.8, 4) is 0 Å². The summed E-state index contributed by atoms with van der Waals surface area (Å²) in [6.07, 6.45) is 1.70. The molecular formula is C23H19ClN4O2S2. The summed E-state index contributed by atoms with van der Waals surface area (Å²) in [5.41, 5.74) is 4.18. The van der Waals surface area contributed by atoms with Crippen molar-refractivity contribution >= 4 is 74.3 Å². The third kappa shape index (κ3) is 4.93. The maximum Gasteiger partial charge on any atom is 0.264 e. The predicted molar refractivity (Wildman–Crippen MR) is 133 cm³/mol. The molecule has 3 aromatic rings. The van der Waals surface area contributed by atoms with Crippen LogP contribution in [-0.4, -0.2) is 22.0 Å². The number of carbonyl (C=O) groups is 2. The van der Waals surface area contributed by atoms with Gasteiger partial charge in [-0.25, -0.2) is 9.98 Å². The Morgan fingerprint density at radius 2 is 2.03 bits per heavy atom. The van der Waals surface area contributed by atoms with Gasteiger partial charge in [-0.15, -0.1) is 11.3 Å². The molecule has 4 rings (SSSR count). The summed E-state index contributed by atoms with van der Waals surface area (Å²) in [7, 11) is 0. The lowest BCUT2D eigenvalue weighted by Crippen LogP contribution is -2.22. The van der Waals surface area contributed by atoms with Crippen LogP contribution in [0.25, 0.3) is 6.08 Å². The van der Waals surface area contributed by atoms with Crippen LogP contribution in [0, 0.1) is 13.8 Å². The zero-order chi connectivity index (χ0) is 22.8. The van der Waals surface area contributed by atoms with E-state index in [2.05, 4.69) is 15.3 Å². The number of halogens is 1. The molecule has 0 saturated carbocycles. The van der Waals surface area contributed by atoms with Crippen LogP contribution >= 0.6 is 34.7 Å². The second kappa shape index (κ2) is 9.28. The van der Waals surface area contributed by atoms with Crippen LogP contribution in [0.5, 0.6) is 0 Å². The lowest BCUT2D eigenvalue weighted by molar-refractivity contribution is -0.116. The number of aryl methyl sites for hydroxylation is 2. The van der Waals surface area contributed by atoms with Crippen molar-refractivity contribution in [1.29, 1.82) is 0 Å². The zero-order valence-corrected chi connectivity index (χ0v) is 19.9. The quantitative estimate of drug-likeness (QED) is 0.463. The Morgan fingerprint density at radius 1 is 1.22 bits per heavy atom. The van der Waals surface area contributed by atoms with Gasteiger partial charge in [-0.1, -0.05) is 29.8 Å². The first-order valence-electron chi connectivity index (χ1n) is 9.69. The third-order valence-corrected chi connectivity index (χ3v) is 6.59. The van der Waals surface area contributed by atoms with Gasteiger partial charge in [0.05, 0.1) is 22.0 Å². The van der Waals surface area contributed by atoms with E-state index in [4.69, 9.17) is 11.6 Å². The van der Waals surface area contributed by atoms with Crippen LogP contribution in [0.4, 0.5) is 16.5 Å². The molecule has 1 aliphatic rings. The summed E-state index contributed by atoms with van der Waals surface area (Å²) in [6.45, 7) is 5.45. The van der Waals surface area contributed by atoms with E-state index in [1.54, 1.807) is 35.7 Å². The molecule has 2 heterocycles. The lowest BCUT2D eigenvalue weighted by atomic mass is 10.1. The maximum absolute atomic E-state index is 12.5. The van der Waals surface area contributed by atoms with Crippen LogP contribution in [-0.2, 0) is 9.59 Å². The molecule has 1 saturated heterocycles. The largest absolute Gasteiger partial charge is 0.300 e. The minimum atomic E-state index is -0.230. The standard InChI is InChI=1S/C23H19ClN4O2S2/c1-13-7-8-14(2)19(9-13)26-22-27-21(30)20(32-22)11-17-12-31-23(25-17)28(15(3)29)18-6-4-5-16(24)10-18/h4-12H,1-3H3,(H,26,27,30). The monoisotopic (exact) mass is 482 g/mol. The van der Waals surface area contributed by atoms with Crippen molar-refractivity contribution in [3.63, 3.8) is 0 Å². The second-order valence-corrected chi connectivity index (χ2v) is 9.46. The highest BCUT2D eigenvalue weighted by Gasteiger charge is 2.25. The van der Waals surface area contributed by atoms with Crippen molar-refractivity contribution in [2.75, 3.05) is 4.90 Å². The number of anilines is 2. The highest BCUT2D eigenvalue weighted by molar-refractivity contribution is 8.18. The van der Waals surface area contributed by atoms with Crippen LogP contribution in [0.1, 0.15) is 23.7 Å². The molecule has 0 bridgehead atoms. The lowest BCUT2D eigenvalue weighted by Gasteiger charge is -2.18. The highest BCUT2D eigenvalue weighted by Crippen LogP contribution is 2.33. The number of aliphatic imine (C=N–C) groups is 1. The van der Waals surface area contributed by atoms with Gasteiger partial charge in [0.25, 0.3) is 5.91 Å². The number of hydrogen-bond donors (Lipinski definition) is 1. The molecule has 2 aromatic carbocycles. The molecule has 0 aliphatic carbocycles. The Kier molecular flexibility index (Phi) is 6.45. The van der Waals surface area contributed by atoms with Gasteiger partial charge in [0.1, 0.15) is 0 Å². The summed E-state index contributed by atoms with van der Waals surface area (Å²) >= 11 is 8.66. The summed E-state index contributed by atoms with van der Waals surface area (Å²) in [6, 6.07) is 13.0. The number of amidine groups is 1. The summed E-state index contributed by atoms with van der Waals surface area (Å²) in [5, 5.41) is 6.16. The van der Waals surface area contributed by atoms with Gasteiger partial charge in [-0.2, -0.15) is 0 Å². The summed E-state index contributed by atoms with van der Waals surface area (Å²) in [4.78, 5) is 35.8. The maximum atomic E-state index is 12.5. The summed E-state index contributed by atoms with van der Waals surface area (Å²) < 4.78 is 0. The Morgan fingerprint density at radius 3 is 2.78 bits per heavy atom. The van der Waals surface area contributed by atoms with E-state index < -0.39 is 0 Å². The van der Waals surface area contributed by atoms with E-state index in [0.29, 0.717) is 31.6 Å². The molecule has 1 fully saturated rings. The molecule has 1 N–H and O–H groups in total. The topological polar surface area (TPSA) is 74.7 Å². The Balaban J connectivity index is 1.59. The molecule has 1 aliphatic heterocycles. The molecule has 6 nitrogen and oxygen atoms in total. The van der Waals surface area contributed by atoms with Crippen LogP contribution in [0.3, 0.4) is 0 Å². The summed E-state index contributed by atoms with van der Waals surface area (Å²) in [5.74, 6) is -0.413. The van der Waals surface area contributed by atoms with Gasteiger partial charge in [0.2, 0.25) is 5.91 Å². The fourth-order valence-corrected chi connectivity index (χ4v) is 4.90. The van der Waals surface area contributed by atoms with E-state index in [1.165, 1.54) is 34.9 Å². The number of carbonyl (C=O) groups excluding carboxylic acids is 2. The first kappa shape index (κ1) is 22.3. The van der Waals surface area contributed by atoms with Crippen molar-refractivity contribution in [1.82, 2.24) is 10.3 Å². The van der Waals surface area contributed by atoms with Crippen LogP contribution in [0.15, 0.2) is 57.7 Å². The number of hydrogen-bond acceptors (Lipinski definition) is 6. The molecular weight excluding hydrogens is 464 g/mol. The number of benzene rings is 2. The van der Waals surface area contributed by atoms with E-state index >= 15 is 0 Å². The van der Waals surface area contributed by atoms with Gasteiger partial charge < -0.3 is 5.32 Å². The first-order chi connectivity index (χ1) is 15.3. The average Bonchev–Trinajstić information content (AvgIpc) is 3.31. The molecule has 162 valence electrons. The fourth-order valence-electron chi connectivity index (χ4n) is 3.05. The first-order valence-corrected chi connectivity index (χ1v) is 11.8. The Labute approximate surface area is 199 Å². The normalized spacial score (nSPS) is 15.9. The smallest absolute Gasteiger partial charge is 0.264 e. The number of nitrogens with one attached hydrogen (secondary N) is 1. The molecule has 0 radical (unpaired) electrons. The van der Waals surface area contributed by atoms with Gasteiger partial charge in [-0.3, -0.25) is 14.5 Å². The third-order valence-electron chi connectivity index (χ3n) is 4.60. The van der Waals surface area contributed by atoms with Crippen molar-refractivity contribution < 1.29 is 9.59 Å².